The van der Waals surface area contributed by atoms with Crippen molar-refractivity contribution >= 4 is 23.4 Å². The monoisotopic (exact) mass is 489 g/mol. The van der Waals surface area contributed by atoms with E-state index in [0.717, 1.165) is 16.7 Å². The Labute approximate surface area is 212 Å². The predicted octanol–water partition coefficient (Wildman–Crippen LogP) is 3.38. The molecule has 1 aliphatic carbocycles. The van der Waals surface area contributed by atoms with Crippen LogP contribution < -0.4 is 10.6 Å². The van der Waals surface area contributed by atoms with E-state index < -0.39 is 29.8 Å². The second-order valence-corrected chi connectivity index (χ2v) is 9.76. The zero-order valence-corrected chi connectivity index (χ0v) is 21.3. The molecule has 7 heteroatoms. The molecule has 1 heterocycles. The van der Waals surface area contributed by atoms with Crippen LogP contribution in [0.25, 0.3) is 0 Å². The van der Waals surface area contributed by atoms with Crippen molar-refractivity contribution in [2.24, 2.45) is 23.7 Å². The highest BCUT2D eigenvalue weighted by atomic mass is 16.3. The molecule has 2 aliphatic rings. The van der Waals surface area contributed by atoms with E-state index in [1.165, 1.54) is 4.90 Å². The zero-order chi connectivity index (χ0) is 26.0. The number of hydrogen-bond donors (Lipinski definition) is 3. The number of aryl methyl sites for hydroxylation is 2. The molecule has 3 N–H and O–H groups in total. The summed E-state index contributed by atoms with van der Waals surface area (Å²) < 4.78 is 0. The first-order chi connectivity index (χ1) is 17.3. The topological polar surface area (TPSA) is 98.7 Å². The van der Waals surface area contributed by atoms with Gasteiger partial charge in [-0.25, -0.2) is 0 Å². The van der Waals surface area contributed by atoms with Gasteiger partial charge < -0.3 is 20.6 Å². The van der Waals surface area contributed by atoms with E-state index in [1.54, 1.807) is 7.05 Å². The molecule has 6 atom stereocenters. The van der Waals surface area contributed by atoms with Crippen molar-refractivity contribution in [1.82, 2.24) is 10.2 Å². The van der Waals surface area contributed by atoms with Gasteiger partial charge in [-0.15, -0.1) is 0 Å². The Kier molecular flexibility index (Phi) is 7.59. The van der Waals surface area contributed by atoms with Crippen LogP contribution in [-0.4, -0.2) is 47.4 Å². The van der Waals surface area contributed by atoms with Crippen LogP contribution in [0.5, 0.6) is 0 Å². The molecule has 0 spiro atoms. The molecule has 2 aromatic rings. The second kappa shape index (κ2) is 10.7. The van der Waals surface area contributed by atoms with Gasteiger partial charge in [-0.3, -0.25) is 14.4 Å². The number of benzene rings is 2. The lowest BCUT2D eigenvalue weighted by atomic mass is 9.69. The minimum atomic E-state index is -0.875. The summed E-state index contributed by atoms with van der Waals surface area (Å²) in [6.45, 7) is 5.51. The number of nitrogens with zero attached hydrogens (tertiary/aromatic N) is 1. The van der Waals surface area contributed by atoms with E-state index >= 15 is 0 Å². The molecular weight excluding hydrogens is 454 g/mol. The fraction of sp³-hybridized carbons (Fsp3) is 0.414. The number of amides is 3. The number of anilines is 1. The van der Waals surface area contributed by atoms with E-state index in [-0.39, 0.29) is 30.2 Å². The van der Waals surface area contributed by atoms with Gasteiger partial charge in [0.25, 0.3) is 0 Å². The van der Waals surface area contributed by atoms with E-state index in [1.807, 2.05) is 81.5 Å². The SMILES string of the molecule is CC[C@@H]1C=C[C@H]2[C@@H](C(=O)N([C@H](CO)c3ccccc3)[C@@H]2C(=O)Nc2c(C)cccc2C)[C@@H]1C(=O)NC. The summed E-state index contributed by atoms with van der Waals surface area (Å²) in [5, 5.41) is 16.3. The van der Waals surface area contributed by atoms with Crippen molar-refractivity contribution in [3.8, 4) is 0 Å². The van der Waals surface area contributed by atoms with Crippen molar-refractivity contribution in [3.05, 3.63) is 77.4 Å². The summed E-state index contributed by atoms with van der Waals surface area (Å²) in [6.07, 6.45) is 4.62. The normalized spacial score (nSPS) is 25.9. The minimum Gasteiger partial charge on any atom is -0.394 e. The smallest absolute Gasteiger partial charge is 0.247 e. The molecular formula is C29H35N3O4. The number of allylic oxidation sites excluding steroid dienone is 1. The van der Waals surface area contributed by atoms with Gasteiger partial charge >= 0.3 is 0 Å². The standard InChI is InChI=1S/C29H35N3O4/c1-5-19-14-15-21-24(23(19)27(34)30-4)29(36)32(22(16-33)20-12-7-6-8-13-20)26(21)28(35)31-25-17(2)10-9-11-18(25)3/h6-15,19,21-24,26,33H,5,16H2,1-4H3,(H,30,34)(H,31,35)/t19-,21+,22-,23-,24-,26+/m1/s1. The molecule has 3 amide bonds. The van der Waals surface area contributed by atoms with E-state index in [2.05, 4.69) is 10.6 Å². The van der Waals surface area contributed by atoms with Crippen LogP contribution in [0.4, 0.5) is 5.69 Å². The van der Waals surface area contributed by atoms with Crippen LogP contribution in [0.3, 0.4) is 0 Å². The van der Waals surface area contributed by atoms with Gasteiger partial charge in [0, 0.05) is 18.7 Å². The number of rotatable bonds is 7. The Morgan fingerprint density at radius 3 is 2.25 bits per heavy atom. The maximum Gasteiger partial charge on any atom is 0.247 e. The highest BCUT2D eigenvalue weighted by molar-refractivity contribution is 6.02. The molecule has 0 aromatic heterocycles. The number of nitrogens with one attached hydrogen (secondary N) is 2. The predicted molar refractivity (Wildman–Crippen MR) is 139 cm³/mol. The fourth-order valence-corrected chi connectivity index (χ4v) is 5.93. The number of aliphatic hydroxyl groups excluding tert-OH is 1. The van der Waals surface area contributed by atoms with Crippen molar-refractivity contribution in [2.75, 3.05) is 19.0 Å². The third kappa shape index (κ3) is 4.44. The lowest BCUT2D eigenvalue weighted by Crippen LogP contribution is -2.47. The third-order valence-electron chi connectivity index (χ3n) is 7.76. The van der Waals surface area contributed by atoms with Crippen LogP contribution in [0.1, 0.15) is 36.1 Å². The molecule has 0 bridgehead atoms. The maximum atomic E-state index is 14.1. The summed E-state index contributed by atoms with van der Waals surface area (Å²) in [5.74, 6) is -2.68. The van der Waals surface area contributed by atoms with Crippen molar-refractivity contribution in [1.29, 1.82) is 0 Å². The van der Waals surface area contributed by atoms with E-state index in [9.17, 15) is 19.5 Å². The Hall–Kier alpha value is -3.45. The lowest BCUT2D eigenvalue weighted by molar-refractivity contribution is -0.143. The number of carbonyl (C=O) groups is 3. The van der Waals surface area contributed by atoms with Crippen molar-refractivity contribution in [3.63, 3.8) is 0 Å². The van der Waals surface area contributed by atoms with Gasteiger partial charge in [0.2, 0.25) is 17.7 Å². The fourth-order valence-electron chi connectivity index (χ4n) is 5.93. The molecule has 1 aliphatic heterocycles. The largest absolute Gasteiger partial charge is 0.394 e. The molecule has 190 valence electrons. The van der Waals surface area contributed by atoms with E-state index in [0.29, 0.717) is 12.1 Å². The highest BCUT2D eigenvalue weighted by Gasteiger charge is 2.58. The Bertz CT molecular complexity index is 1140. The summed E-state index contributed by atoms with van der Waals surface area (Å²) >= 11 is 0. The first-order valence-electron chi connectivity index (χ1n) is 12.6. The average Bonchev–Trinajstić information content (AvgIpc) is 3.18. The molecule has 0 saturated carbocycles. The van der Waals surface area contributed by atoms with Crippen LogP contribution >= 0.6 is 0 Å². The average molecular weight is 490 g/mol. The van der Waals surface area contributed by atoms with Gasteiger partial charge in [-0.2, -0.15) is 0 Å². The molecule has 0 radical (unpaired) electrons. The number of carbonyl (C=O) groups excluding carboxylic acids is 3. The van der Waals surface area contributed by atoms with Crippen LogP contribution in [-0.2, 0) is 14.4 Å². The zero-order valence-electron chi connectivity index (χ0n) is 21.3. The van der Waals surface area contributed by atoms with Gasteiger partial charge in [-0.1, -0.05) is 67.6 Å². The van der Waals surface area contributed by atoms with Crippen molar-refractivity contribution in [2.45, 2.75) is 39.3 Å². The highest BCUT2D eigenvalue weighted by Crippen LogP contribution is 2.47. The minimum absolute atomic E-state index is 0.110. The summed E-state index contributed by atoms with van der Waals surface area (Å²) in [5.41, 5.74) is 3.30. The quantitative estimate of drug-likeness (QED) is 0.520. The molecule has 4 rings (SSSR count). The van der Waals surface area contributed by atoms with Gasteiger partial charge in [0.05, 0.1) is 24.5 Å². The van der Waals surface area contributed by atoms with E-state index in [4.69, 9.17) is 0 Å². The number of likely N-dealkylation sites (tertiary alicyclic amines) is 1. The molecule has 36 heavy (non-hydrogen) atoms. The summed E-state index contributed by atoms with van der Waals surface area (Å²) in [4.78, 5) is 42.6. The van der Waals surface area contributed by atoms with Gasteiger partial charge in [0.1, 0.15) is 6.04 Å². The number of hydrogen-bond acceptors (Lipinski definition) is 4. The first kappa shape index (κ1) is 25.6. The Morgan fingerprint density at radius 2 is 1.67 bits per heavy atom. The summed E-state index contributed by atoms with van der Waals surface area (Å²) in [7, 11) is 1.57. The number of aliphatic hydroxyl groups is 1. The second-order valence-electron chi connectivity index (χ2n) is 9.76. The third-order valence-corrected chi connectivity index (χ3v) is 7.76. The van der Waals surface area contributed by atoms with Crippen LogP contribution in [0.15, 0.2) is 60.7 Å². The van der Waals surface area contributed by atoms with Gasteiger partial charge in [0.15, 0.2) is 0 Å². The first-order valence-corrected chi connectivity index (χ1v) is 12.6. The molecule has 0 unspecified atom stereocenters. The molecule has 7 nitrogen and oxygen atoms in total. The van der Waals surface area contributed by atoms with Crippen LogP contribution in [0, 0.1) is 37.5 Å². The molecule has 2 aromatic carbocycles. The van der Waals surface area contributed by atoms with Crippen molar-refractivity contribution < 1.29 is 19.5 Å². The number of para-hydroxylation sites is 1. The Morgan fingerprint density at radius 1 is 1.00 bits per heavy atom. The maximum absolute atomic E-state index is 14.1. The van der Waals surface area contributed by atoms with Crippen LogP contribution in [0.2, 0.25) is 0 Å². The van der Waals surface area contributed by atoms with Gasteiger partial charge in [-0.05, 0) is 42.9 Å². The molecule has 1 saturated heterocycles. The molecule has 1 fully saturated rings. The Balaban J connectivity index is 1.82. The number of fused-ring (bicyclic) bond motifs is 1. The lowest BCUT2D eigenvalue weighted by Gasteiger charge is -2.34. The summed E-state index contributed by atoms with van der Waals surface area (Å²) in [6, 6.07) is 13.4.